The van der Waals surface area contributed by atoms with Crippen molar-refractivity contribution < 1.29 is 19.0 Å². The van der Waals surface area contributed by atoms with E-state index >= 15 is 0 Å². The summed E-state index contributed by atoms with van der Waals surface area (Å²) >= 11 is 7.66. The fourth-order valence-corrected chi connectivity index (χ4v) is 5.30. The van der Waals surface area contributed by atoms with Crippen LogP contribution in [-0.2, 0) is 16.1 Å². The Morgan fingerprint density at radius 1 is 1.07 bits per heavy atom. The normalized spacial score (nSPS) is 11.0. The van der Waals surface area contributed by atoms with E-state index in [1.165, 1.54) is 6.33 Å². The number of unbranched alkanes of at least 4 members (excludes halogenated alkanes) is 1. The number of carbonyl (C=O) groups is 1. The van der Waals surface area contributed by atoms with E-state index in [9.17, 15) is 4.79 Å². The first-order valence-corrected chi connectivity index (χ1v) is 16.2. The van der Waals surface area contributed by atoms with E-state index in [4.69, 9.17) is 25.8 Å². The zero-order chi connectivity index (χ0) is 31.1. The Hall–Kier alpha value is -3.51. The summed E-state index contributed by atoms with van der Waals surface area (Å²) in [6, 6.07) is 13.2. The van der Waals surface area contributed by atoms with Crippen LogP contribution in [0.2, 0.25) is 5.02 Å². The molecule has 2 heterocycles. The maximum atomic E-state index is 12.3. The third-order valence-corrected chi connectivity index (χ3v) is 7.92. The minimum Gasteiger partial charge on any atom is -0.489 e. The number of esters is 1. The number of nitrogens with zero attached hydrogens (tertiary/aromatic N) is 3. The maximum Gasteiger partial charge on any atom is 0.344 e. The molecule has 0 saturated carbocycles. The number of H-pyrrole nitrogens is 1. The summed E-state index contributed by atoms with van der Waals surface area (Å²) in [5, 5.41) is 8.25. The van der Waals surface area contributed by atoms with Crippen molar-refractivity contribution in [1.29, 1.82) is 0 Å². The number of carbonyl (C=O) groups excluding carboxylic acids is 1. The van der Waals surface area contributed by atoms with Gasteiger partial charge < -0.3 is 34.7 Å². The van der Waals surface area contributed by atoms with E-state index in [0.29, 0.717) is 35.6 Å². The highest BCUT2D eigenvalue weighted by Gasteiger charge is 2.15. The lowest BCUT2D eigenvalue weighted by Crippen LogP contribution is -2.22. The monoisotopic (exact) mass is 656 g/mol. The van der Waals surface area contributed by atoms with Crippen molar-refractivity contribution in [3.8, 4) is 11.5 Å². The third-order valence-electron chi connectivity index (χ3n) is 6.69. The molecule has 0 spiro atoms. The molecule has 0 fully saturated rings. The molecule has 0 atom stereocenters. The first-order chi connectivity index (χ1) is 21.5. The molecule has 0 unspecified atom stereocenters. The van der Waals surface area contributed by atoms with Gasteiger partial charge >= 0.3 is 5.97 Å². The SMILES string of the molecule is C.CCCCOC(=O)COc1cc(Nc2ncnc3[nH]cc(CN(C)CCCNC)c23)ccc1OCCSc1ccc(Cl)cc1. The van der Waals surface area contributed by atoms with Gasteiger partial charge in [0.05, 0.1) is 18.6 Å². The summed E-state index contributed by atoms with van der Waals surface area (Å²) in [7, 11) is 4.07. The van der Waals surface area contributed by atoms with Crippen LogP contribution in [0.3, 0.4) is 0 Å². The van der Waals surface area contributed by atoms with Crippen LogP contribution < -0.4 is 20.1 Å². The fourth-order valence-electron chi connectivity index (χ4n) is 4.45. The van der Waals surface area contributed by atoms with Crippen LogP contribution in [0.1, 0.15) is 39.2 Å². The van der Waals surface area contributed by atoms with Crippen LogP contribution in [0.5, 0.6) is 11.5 Å². The maximum absolute atomic E-state index is 12.3. The van der Waals surface area contributed by atoms with Gasteiger partial charge in [0.2, 0.25) is 0 Å². The lowest BCUT2D eigenvalue weighted by molar-refractivity contribution is -0.146. The molecule has 4 rings (SSSR count). The number of hydrogen-bond donors (Lipinski definition) is 3. The molecule has 0 radical (unpaired) electrons. The highest BCUT2D eigenvalue weighted by molar-refractivity contribution is 7.99. The number of aromatic nitrogens is 3. The smallest absolute Gasteiger partial charge is 0.344 e. The topological polar surface area (TPSA) is 114 Å². The number of aromatic amines is 1. The summed E-state index contributed by atoms with van der Waals surface area (Å²) in [4.78, 5) is 27.9. The number of fused-ring (bicyclic) bond motifs is 1. The van der Waals surface area contributed by atoms with Crippen molar-refractivity contribution in [2.45, 2.75) is 45.1 Å². The Morgan fingerprint density at radius 3 is 2.67 bits per heavy atom. The van der Waals surface area contributed by atoms with E-state index in [2.05, 4.69) is 37.5 Å². The van der Waals surface area contributed by atoms with E-state index in [1.54, 1.807) is 11.8 Å². The second-order valence-corrected chi connectivity index (χ2v) is 11.9. The van der Waals surface area contributed by atoms with Gasteiger partial charge in [0.1, 0.15) is 17.8 Å². The second-order valence-electron chi connectivity index (χ2n) is 10.3. The van der Waals surface area contributed by atoms with Gasteiger partial charge in [-0.2, -0.15) is 0 Å². The standard InChI is InChI=1S/C32H41ClN6O4S.CH4/c1-4-5-15-42-29(40)21-43-28-18-25(9-12-27(28)41-16-17-44-26-10-7-24(33)8-11-26)38-32-30-23(19-35-31(30)36-22-37-32)20-39(3)14-6-13-34-2;/h7-12,18-19,22,34H,4-6,13-17,20-21H2,1-3H3,(H2,35,36,37,38);1H4. The van der Waals surface area contributed by atoms with E-state index in [-0.39, 0.29) is 14.0 Å². The van der Waals surface area contributed by atoms with Gasteiger partial charge in [0, 0.05) is 40.2 Å². The Balaban J connectivity index is 0.00000552. The Morgan fingerprint density at radius 2 is 1.89 bits per heavy atom. The molecule has 45 heavy (non-hydrogen) atoms. The van der Waals surface area contributed by atoms with Crippen LogP contribution in [0.15, 0.2) is 59.9 Å². The number of thioether (sulfide) groups is 1. The molecule has 0 saturated heterocycles. The van der Waals surface area contributed by atoms with Gasteiger partial charge in [0.25, 0.3) is 0 Å². The Labute approximate surface area is 275 Å². The number of rotatable bonds is 19. The predicted molar refractivity (Wildman–Crippen MR) is 184 cm³/mol. The van der Waals surface area contributed by atoms with Crippen LogP contribution in [-0.4, -0.2) is 78.6 Å². The van der Waals surface area contributed by atoms with Gasteiger partial charge in [-0.15, -0.1) is 11.8 Å². The lowest BCUT2D eigenvalue weighted by atomic mass is 10.2. The number of hydrogen-bond acceptors (Lipinski definition) is 10. The Bertz CT molecular complexity index is 1470. The second kappa shape index (κ2) is 19.1. The minimum absolute atomic E-state index is 0. The third kappa shape index (κ3) is 11.4. The molecule has 3 N–H and O–H groups in total. The van der Waals surface area contributed by atoms with Gasteiger partial charge in [-0.1, -0.05) is 32.4 Å². The summed E-state index contributed by atoms with van der Waals surface area (Å²) in [6.07, 6.45) is 6.32. The first-order valence-electron chi connectivity index (χ1n) is 14.8. The van der Waals surface area contributed by atoms with Crippen molar-refractivity contribution in [2.75, 3.05) is 58.1 Å². The van der Waals surface area contributed by atoms with E-state index in [1.807, 2.05) is 62.6 Å². The zero-order valence-corrected chi connectivity index (χ0v) is 27.1. The summed E-state index contributed by atoms with van der Waals surface area (Å²) < 4.78 is 17.3. The summed E-state index contributed by atoms with van der Waals surface area (Å²) in [6.45, 7) is 5.32. The predicted octanol–water partition coefficient (Wildman–Crippen LogP) is 6.93. The van der Waals surface area contributed by atoms with Crippen LogP contribution in [0.25, 0.3) is 11.0 Å². The molecule has 0 amide bonds. The molecular weight excluding hydrogens is 612 g/mol. The molecule has 0 aliphatic carbocycles. The summed E-state index contributed by atoms with van der Waals surface area (Å²) in [5.74, 6) is 1.94. The molecule has 2 aromatic carbocycles. The zero-order valence-electron chi connectivity index (χ0n) is 25.5. The molecule has 2 aromatic heterocycles. The van der Waals surface area contributed by atoms with Crippen LogP contribution in [0.4, 0.5) is 11.5 Å². The molecule has 4 aromatic rings. The molecule has 244 valence electrons. The van der Waals surface area contributed by atoms with Crippen LogP contribution in [0, 0.1) is 0 Å². The molecule has 10 nitrogen and oxygen atoms in total. The van der Waals surface area contributed by atoms with E-state index in [0.717, 1.165) is 71.8 Å². The number of nitrogens with one attached hydrogen (secondary N) is 3. The van der Waals surface area contributed by atoms with Crippen LogP contribution >= 0.6 is 23.4 Å². The molecular formula is C33H45ClN6O4S. The fraction of sp³-hybridized carbons (Fsp3) is 0.424. The lowest BCUT2D eigenvalue weighted by Gasteiger charge is -2.17. The number of ether oxygens (including phenoxy) is 3. The molecule has 12 heteroatoms. The molecule has 0 bridgehead atoms. The quantitative estimate of drug-likeness (QED) is 0.0558. The first kappa shape index (κ1) is 36.0. The Kier molecular flexibility index (Phi) is 15.3. The summed E-state index contributed by atoms with van der Waals surface area (Å²) in [5.41, 5.74) is 2.59. The number of halogens is 1. The highest BCUT2D eigenvalue weighted by atomic mass is 35.5. The average Bonchev–Trinajstić information content (AvgIpc) is 3.43. The van der Waals surface area contributed by atoms with Crippen molar-refractivity contribution in [1.82, 2.24) is 25.2 Å². The minimum atomic E-state index is -0.422. The van der Waals surface area contributed by atoms with Gasteiger partial charge in [-0.3, -0.25) is 0 Å². The van der Waals surface area contributed by atoms with Crippen molar-refractivity contribution >= 4 is 51.9 Å². The van der Waals surface area contributed by atoms with E-state index < -0.39 is 5.97 Å². The van der Waals surface area contributed by atoms with Gasteiger partial charge in [0.15, 0.2) is 18.1 Å². The molecule has 0 aliphatic heterocycles. The number of anilines is 2. The highest BCUT2D eigenvalue weighted by Crippen LogP contribution is 2.34. The van der Waals surface area contributed by atoms with Gasteiger partial charge in [-0.05, 0) is 82.0 Å². The van der Waals surface area contributed by atoms with Crippen molar-refractivity contribution in [2.24, 2.45) is 0 Å². The van der Waals surface area contributed by atoms with Crippen molar-refractivity contribution in [3.05, 3.63) is 65.6 Å². The average molecular weight is 657 g/mol. The van der Waals surface area contributed by atoms with Gasteiger partial charge in [-0.25, -0.2) is 14.8 Å². The van der Waals surface area contributed by atoms with Crippen molar-refractivity contribution in [3.63, 3.8) is 0 Å². The number of benzene rings is 2. The molecule has 0 aliphatic rings. The largest absolute Gasteiger partial charge is 0.489 e.